The monoisotopic (exact) mass is 377 g/mol. The van der Waals surface area contributed by atoms with Crippen LogP contribution in [0.3, 0.4) is 0 Å². The van der Waals surface area contributed by atoms with Crippen LogP contribution in [-0.2, 0) is 16.6 Å². The maximum atomic E-state index is 13.2. The molecule has 0 radical (unpaired) electrons. The summed E-state index contributed by atoms with van der Waals surface area (Å²) in [4.78, 5) is 0.268. The van der Waals surface area contributed by atoms with Gasteiger partial charge in [0.2, 0.25) is 10.0 Å². The summed E-state index contributed by atoms with van der Waals surface area (Å²) in [6.07, 6.45) is 1.62. The number of nitrogens with zero attached hydrogens (tertiary/aromatic N) is 2. The minimum atomic E-state index is -3.63. The second-order valence-electron chi connectivity index (χ2n) is 6.44. The van der Waals surface area contributed by atoms with Crippen molar-refractivity contribution in [2.24, 2.45) is 5.92 Å². The van der Waals surface area contributed by atoms with Crippen LogP contribution in [0.1, 0.15) is 19.4 Å². The lowest BCUT2D eigenvalue weighted by Gasteiger charge is -2.24. The van der Waals surface area contributed by atoms with E-state index in [0.717, 1.165) is 16.5 Å². The first-order chi connectivity index (χ1) is 11.9. The first-order valence-electron chi connectivity index (χ1n) is 8.04. The smallest absolute Gasteiger partial charge is 0.243 e. The van der Waals surface area contributed by atoms with E-state index in [0.29, 0.717) is 11.6 Å². The van der Waals surface area contributed by atoms with E-state index < -0.39 is 10.0 Å². The van der Waals surface area contributed by atoms with Crippen molar-refractivity contribution in [1.82, 2.24) is 14.5 Å². The number of benzene rings is 2. The minimum Gasteiger partial charge on any atom is -0.278 e. The summed E-state index contributed by atoms with van der Waals surface area (Å²) in [7, 11) is -3.63. The molecule has 1 aromatic heterocycles. The largest absolute Gasteiger partial charge is 0.278 e. The molecule has 0 bridgehead atoms. The molecule has 0 aliphatic heterocycles. The van der Waals surface area contributed by atoms with Crippen molar-refractivity contribution < 1.29 is 8.42 Å². The zero-order valence-corrected chi connectivity index (χ0v) is 15.7. The first kappa shape index (κ1) is 17.9. The lowest BCUT2D eigenvalue weighted by atomic mass is 10.2. The Morgan fingerprint density at radius 1 is 1.20 bits per heavy atom. The van der Waals surface area contributed by atoms with Crippen LogP contribution in [0.15, 0.2) is 53.6 Å². The highest BCUT2D eigenvalue weighted by Gasteiger charge is 2.26. The van der Waals surface area contributed by atoms with Crippen molar-refractivity contribution in [2.75, 3.05) is 6.54 Å². The standard InChI is InChI=1S/C18H20ClN3O2S/c1-13(2)11-22(12-14-4-3-5-16(19)8-14)25(23,24)17-6-7-18-15(9-17)10-20-21-18/h3-10,13H,11-12H2,1-2H3,(H,20,21). The third-order valence-corrected chi connectivity index (χ3v) is 5.91. The molecule has 3 rings (SSSR count). The highest BCUT2D eigenvalue weighted by molar-refractivity contribution is 7.89. The van der Waals surface area contributed by atoms with Gasteiger partial charge in [-0.05, 0) is 41.8 Å². The Kier molecular flexibility index (Phi) is 5.13. The highest BCUT2D eigenvalue weighted by Crippen LogP contribution is 2.24. The molecule has 0 saturated carbocycles. The van der Waals surface area contributed by atoms with Gasteiger partial charge in [0.05, 0.1) is 16.6 Å². The summed E-state index contributed by atoms with van der Waals surface area (Å²) < 4.78 is 27.9. The van der Waals surface area contributed by atoms with Crippen molar-refractivity contribution in [3.8, 4) is 0 Å². The SMILES string of the molecule is CC(C)CN(Cc1cccc(Cl)c1)S(=O)(=O)c1ccc2[nH]ncc2c1. The molecular weight excluding hydrogens is 358 g/mol. The summed E-state index contributed by atoms with van der Waals surface area (Å²) in [5.41, 5.74) is 1.67. The van der Waals surface area contributed by atoms with Gasteiger partial charge in [-0.15, -0.1) is 0 Å². The van der Waals surface area contributed by atoms with E-state index in [1.165, 1.54) is 4.31 Å². The number of aromatic nitrogens is 2. The predicted molar refractivity (Wildman–Crippen MR) is 100.0 cm³/mol. The van der Waals surface area contributed by atoms with Crippen LogP contribution in [0, 0.1) is 5.92 Å². The number of nitrogens with one attached hydrogen (secondary N) is 1. The number of fused-ring (bicyclic) bond motifs is 1. The van der Waals surface area contributed by atoms with E-state index >= 15 is 0 Å². The molecule has 2 aromatic carbocycles. The van der Waals surface area contributed by atoms with Gasteiger partial charge >= 0.3 is 0 Å². The highest BCUT2D eigenvalue weighted by atomic mass is 35.5. The minimum absolute atomic E-state index is 0.201. The zero-order valence-electron chi connectivity index (χ0n) is 14.1. The molecule has 0 saturated heterocycles. The van der Waals surface area contributed by atoms with E-state index in [2.05, 4.69) is 10.2 Å². The van der Waals surface area contributed by atoms with Gasteiger partial charge in [-0.3, -0.25) is 5.10 Å². The number of aromatic amines is 1. The lowest BCUT2D eigenvalue weighted by Crippen LogP contribution is -2.33. The average Bonchev–Trinajstić information content (AvgIpc) is 3.01. The first-order valence-corrected chi connectivity index (χ1v) is 9.86. The van der Waals surface area contributed by atoms with Gasteiger partial charge in [0, 0.05) is 23.5 Å². The predicted octanol–water partition coefficient (Wildman–Crippen LogP) is 4.06. The van der Waals surface area contributed by atoms with E-state index in [-0.39, 0.29) is 17.4 Å². The zero-order chi connectivity index (χ0) is 18.0. The Balaban J connectivity index is 1.98. The van der Waals surface area contributed by atoms with Crippen LogP contribution < -0.4 is 0 Å². The molecular formula is C18H20ClN3O2S. The van der Waals surface area contributed by atoms with Crippen LogP contribution >= 0.6 is 11.6 Å². The van der Waals surface area contributed by atoms with Gasteiger partial charge in [0.1, 0.15) is 0 Å². The molecule has 0 aliphatic rings. The van der Waals surface area contributed by atoms with E-state index in [1.54, 1.807) is 36.5 Å². The summed E-state index contributed by atoms with van der Waals surface area (Å²) in [5.74, 6) is 0.201. The molecule has 132 valence electrons. The number of rotatable bonds is 6. The molecule has 0 unspecified atom stereocenters. The third-order valence-electron chi connectivity index (χ3n) is 3.87. The molecule has 5 nitrogen and oxygen atoms in total. The van der Waals surface area contributed by atoms with E-state index in [4.69, 9.17) is 11.6 Å². The molecule has 0 aliphatic carbocycles. The topological polar surface area (TPSA) is 66.1 Å². The average molecular weight is 378 g/mol. The molecule has 0 spiro atoms. The number of hydrogen-bond acceptors (Lipinski definition) is 3. The second kappa shape index (κ2) is 7.15. The van der Waals surface area contributed by atoms with Crippen LogP contribution in [0.2, 0.25) is 5.02 Å². The molecule has 0 amide bonds. The number of H-pyrrole nitrogens is 1. The van der Waals surface area contributed by atoms with Gasteiger partial charge in [-0.1, -0.05) is 37.6 Å². The normalized spacial score (nSPS) is 12.4. The summed E-state index contributed by atoms with van der Waals surface area (Å²) >= 11 is 6.04. The Labute approximate surface area is 152 Å². The molecule has 0 atom stereocenters. The van der Waals surface area contributed by atoms with E-state index in [1.807, 2.05) is 26.0 Å². The van der Waals surface area contributed by atoms with Crippen molar-refractivity contribution in [3.63, 3.8) is 0 Å². The molecule has 1 N–H and O–H groups in total. The maximum Gasteiger partial charge on any atom is 0.243 e. The Morgan fingerprint density at radius 3 is 2.72 bits per heavy atom. The Morgan fingerprint density at radius 2 is 2.00 bits per heavy atom. The van der Waals surface area contributed by atoms with Gasteiger partial charge in [0.25, 0.3) is 0 Å². The fraction of sp³-hybridized carbons (Fsp3) is 0.278. The molecule has 25 heavy (non-hydrogen) atoms. The Hall–Kier alpha value is -1.89. The quantitative estimate of drug-likeness (QED) is 0.704. The van der Waals surface area contributed by atoms with Gasteiger partial charge in [-0.25, -0.2) is 8.42 Å². The summed E-state index contributed by atoms with van der Waals surface area (Å²) in [5, 5.41) is 8.15. The number of hydrogen-bond donors (Lipinski definition) is 1. The fourth-order valence-corrected chi connectivity index (χ4v) is 4.56. The van der Waals surface area contributed by atoms with Crippen LogP contribution in [0.4, 0.5) is 0 Å². The molecule has 1 heterocycles. The lowest BCUT2D eigenvalue weighted by molar-refractivity contribution is 0.362. The van der Waals surface area contributed by atoms with Crippen molar-refractivity contribution in [2.45, 2.75) is 25.3 Å². The molecule has 3 aromatic rings. The number of sulfonamides is 1. The van der Waals surface area contributed by atoms with Gasteiger partial charge in [-0.2, -0.15) is 9.40 Å². The Bertz CT molecular complexity index is 983. The van der Waals surface area contributed by atoms with Crippen molar-refractivity contribution >= 4 is 32.5 Å². The summed E-state index contributed by atoms with van der Waals surface area (Å²) in [6.45, 7) is 4.71. The van der Waals surface area contributed by atoms with Crippen molar-refractivity contribution in [3.05, 3.63) is 59.2 Å². The van der Waals surface area contributed by atoms with Crippen LogP contribution in [0.25, 0.3) is 10.9 Å². The maximum absolute atomic E-state index is 13.2. The third kappa shape index (κ3) is 4.03. The number of halogens is 1. The van der Waals surface area contributed by atoms with E-state index in [9.17, 15) is 8.42 Å². The van der Waals surface area contributed by atoms with Crippen LogP contribution in [0.5, 0.6) is 0 Å². The summed E-state index contributed by atoms with van der Waals surface area (Å²) in [6, 6.07) is 12.3. The van der Waals surface area contributed by atoms with Crippen LogP contribution in [-0.4, -0.2) is 29.5 Å². The van der Waals surface area contributed by atoms with Gasteiger partial charge in [0.15, 0.2) is 0 Å². The second-order valence-corrected chi connectivity index (χ2v) is 8.81. The fourth-order valence-electron chi connectivity index (χ4n) is 2.72. The van der Waals surface area contributed by atoms with Gasteiger partial charge < -0.3 is 0 Å². The van der Waals surface area contributed by atoms with Crippen molar-refractivity contribution in [1.29, 1.82) is 0 Å². The molecule has 7 heteroatoms. The molecule has 0 fully saturated rings.